The number of hydrogen-bond donors (Lipinski definition) is 1. The number of nitrogens with zero attached hydrogens (tertiary/aromatic N) is 3. The van der Waals surface area contributed by atoms with E-state index in [1.54, 1.807) is 11.3 Å². The molecule has 0 aliphatic heterocycles. The Balaban J connectivity index is 1.25. The van der Waals surface area contributed by atoms with Crippen molar-refractivity contribution in [2.24, 2.45) is 11.0 Å². The van der Waals surface area contributed by atoms with Gasteiger partial charge in [-0.15, -0.1) is 11.3 Å². The molecule has 7 nitrogen and oxygen atoms in total. The van der Waals surface area contributed by atoms with E-state index in [2.05, 4.69) is 22.4 Å². The lowest BCUT2D eigenvalue weighted by atomic mass is 9.89. The molecule has 2 heterocycles. The fourth-order valence-electron chi connectivity index (χ4n) is 4.13. The summed E-state index contributed by atoms with van der Waals surface area (Å²) in [4.78, 5) is 32.0. The number of nitrogens with one attached hydrogen (secondary N) is 1. The van der Waals surface area contributed by atoms with Crippen molar-refractivity contribution in [2.75, 3.05) is 0 Å². The van der Waals surface area contributed by atoms with Crippen LogP contribution < -0.4 is 15.7 Å². The third-order valence-corrected chi connectivity index (χ3v) is 7.00. The van der Waals surface area contributed by atoms with Crippen molar-refractivity contribution in [3.8, 4) is 11.5 Å². The summed E-state index contributed by atoms with van der Waals surface area (Å²) in [6, 6.07) is 16.9. The van der Waals surface area contributed by atoms with Crippen LogP contribution in [0, 0.1) is 5.92 Å². The van der Waals surface area contributed by atoms with Gasteiger partial charge in [0.1, 0.15) is 22.9 Å². The van der Waals surface area contributed by atoms with E-state index in [1.165, 1.54) is 22.0 Å². The Bertz CT molecular complexity index is 1430. The van der Waals surface area contributed by atoms with Gasteiger partial charge in [0.05, 0.1) is 17.9 Å². The van der Waals surface area contributed by atoms with Gasteiger partial charge in [-0.05, 0) is 60.6 Å². The monoisotopic (exact) mass is 472 g/mol. The van der Waals surface area contributed by atoms with E-state index in [4.69, 9.17) is 4.74 Å². The first kappa shape index (κ1) is 22.0. The van der Waals surface area contributed by atoms with Gasteiger partial charge in [-0.1, -0.05) is 37.3 Å². The highest BCUT2D eigenvalue weighted by atomic mass is 32.1. The van der Waals surface area contributed by atoms with Crippen LogP contribution in [0.3, 0.4) is 0 Å². The van der Waals surface area contributed by atoms with Crippen LogP contribution in [-0.4, -0.2) is 21.7 Å². The average Bonchev–Trinajstić information content (AvgIpc) is 3.20. The van der Waals surface area contributed by atoms with E-state index < -0.39 is 5.91 Å². The van der Waals surface area contributed by atoms with Crippen LogP contribution in [0.2, 0.25) is 0 Å². The molecule has 0 bridgehead atoms. The van der Waals surface area contributed by atoms with Gasteiger partial charge in [-0.2, -0.15) is 5.10 Å². The van der Waals surface area contributed by atoms with Crippen LogP contribution in [0.1, 0.15) is 29.3 Å². The minimum atomic E-state index is -0.395. The number of thiophene rings is 1. The topological polar surface area (TPSA) is 85.6 Å². The van der Waals surface area contributed by atoms with Crippen LogP contribution in [-0.2, 0) is 24.2 Å². The summed E-state index contributed by atoms with van der Waals surface area (Å²) in [6.07, 6.45) is 5.93. The maximum Gasteiger partial charge on any atom is 0.262 e. The SMILES string of the molecule is CC1CCc2c(sc3ncn(CC(=O)NN=Cc4cccc(Oc5ccccc5)c4)c(=O)c23)C1. The molecule has 0 saturated carbocycles. The maximum absolute atomic E-state index is 13.1. The normalized spacial score (nSPS) is 15.4. The summed E-state index contributed by atoms with van der Waals surface area (Å²) in [5, 5.41) is 4.70. The predicted molar refractivity (Wildman–Crippen MR) is 134 cm³/mol. The second-order valence-electron chi connectivity index (χ2n) is 8.49. The lowest BCUT2D eigenvalue weighted by Crippen LogP contribution is -2.30. The highest BCUT2D eigenvalue weighted by Crippen LogP contribution is 2.35. The summed E-state index contributed by atoms with van der Waals surface area (Å²) in [5.41, 5.74) is 4.21. The number of amides is 1. The molecule has 0 spiro atoms. The molecule has 1 aliphatic carbocycles. The van der Waals surface area contributed by atoms with Crippen molar-refractivity contribution in [1.29, 1.82) is 0 Å². The van der Waals surface area contributed by atoms with Crippen molar-refractivity contribution in [1.82, 2.24) is 15.0 Å². The molecular formula is C26H24N4O3S. The highest BCUT2D eigenvalue weighted by Gasteiger charge is 2.23. The number of ether oxygens (including phenoxy) is 1. The number of hydrogen-bond acceptors (Lipinski definition) is 6. The fraction of sp³-hybridized carbons (Fsp3) is 0.231. The standard InChI is InChI=1S/C26H24N4O3S/c1-17-10-11-21-22(12-17)34-25-24(21)26(32)30(16-27-25)15-23(31)29-28-14-18-6-5-9-20(13-18)33-19-7-3-2-4-8-19/h2-9,13-14,16-17H,10-12,15H2,1H3,(H,29,31). The number of rotatable bonds is 6. The molecule has 2 aromatic heterocycles. The molecule has 8 heteroatoms. The number of aromatic nitrogens is 2. The third-order valence-electron chi connectivity index (χ3n) is 5.84. The summed E-state index contributed by atoms with van der Waals surface area (Å²) in [5.74, 6) is 1.63. The first-order valence-electron chi connectivity index (χ1n) is 11.2. The zero-order valence-electron chi connectivity index (χ0n) is 18.7. The van der Waals surface area contributed by atoms with Gasteiger partial charge in [0.15, 0.2) is 0 Å². The molecule has 2 aromatic carbocycles. The summed E-state index contributed by atoms with van der Waals surface area (Å²) >= 11 is 1.60. The molecule has 0 radical (unpaired) electrons. The average molecular weight is 473 g/mol. The predicted octanol–water partition coefficient (Wildman–Crippen LogP) is 4.53. The largest absolute Gasteiger partial charge is 0.457 e. The van der Waals surface area contributed by atoms with Crippen molar-refractivity contribution in [2.45, 2.75) is 32.7 Å². The van der Waals surface area contributed by atoms with Crippen molar-refractivity contribution < 1.29 is 9.53 Å². The summed E-state index contributed by atoms with van der Waals surface area (Å²) < 4.78 is 7.17. The first-order valence-corrected chi connectivity index (χ1v) is 12.0. The number of carbonyl (C=O) groups is 1. The Hall–Kier alpha value is -3.78. The first-order chi connectivity index (χ1) is 16.6. The molecular weight excluding hydrogens is 448 g/mol. The Morgan fingerprint density at radius 2 is 2.06 bits per heavy atom. The molecule has 5 rings (SSSR count). The van der Waals surface area contributed by atoms with Crippen LogP contribution in [0.4, 0.5) is 0 Å². The number of hydrazone groups is 1. The van der Waals surface area contributed by atoms with Gasteiger partial charge >= 0.3 is 0 Å². The Morgan fingerprint density at radius 1 is 1.24 bits per heavy atom. The fourth-order valence-corrected chi connectivity index (χ4v) is 5.47. The van der Waals surface area contributed by atoms with Crippen molar-refractivity contribution >= 4 is 33.7 Å². The summed E-state index contributed by atoms with van der Waals surface area (Å²) in [7, 11) is 0. The molecule has 1 N–H and O–H groups in total. The number of para-hydroxylation sites is 1. The lowest BCUT2D eigenvalue weighted by Gasteiger charge is -2.17. The number of carbonyl (C=O) groups excluding carboxylic acids is 1. The third kappa shape index (κ3) is 4.77. The molecule has 4 aromatic rings. The van der Waals surface area contributed by atoms with Gasteiger partial charge < -0.3 is 4.74 Å². The Morgan fingerprint density at radius 3 is 2.91 bits per heavy atom. The van der Waals surface area contributed by atoms with Crippen molar-refractivity contribution in [3.05, 3.63) is 87.3 Å². The number of aryl methyl sites for hydroxylation is 1. The number of fused-ring (bicyclic) bond motifs is 3. The lowest BCUT2D eigenvalue weighted by molar-refractivity contribution is -0.121. The number of benzene rings is 2. The molecule has 0 saturated heterocycles. The second-order valence-corrected chi connectivity index (χ2v) is 9.57. The van der Waals surface area contributed by atoms with Crippen LogP contribution >= 0.6 is 11.3 Å². The molecule has 34 heavy (non-hydrogen) atoms. The van der Waals surface area contributed by atoms with Gasteiger partial charge in [-0.25, -0.2) is 10.4 Å². The molecule has 172 valence electrons. The second kappa shape index (κ2) is 9.61. The molecule has 0 fully saturated rings. The zero-order chi connectivity index (χ0) is 23.5. The van der Waals surface area contributed by atoms with E-state index >= 15 is 0 Å². The Kier molecular flexibility index (Phi) is 6.22. The molecule has 1 aliphatic rings. The van der Waals surface area contributed by atoms with E-state index in [1.807, 2.05) is 54.6 Å². The zero-order valence-corrected chi connectivity index (χ0v) is 19.5. The van der Waals surface area contributed by atoms with Crippen LogP contribution in [0.15, 0.2) is 70.8 Å². The quantitative estimate of drug-likeness (QED) is 0.330. The van der Waals surface area contributed by atoms with E-state index in [0.29, 0.717) is 17.1 Å². The van der Waals surface area contributed by atoms with E-state index in [9.17, 15) is 9.59 Å². The van der Waals surface area contributed by atoms with E-state index in [-0.39, 0.29) is 12.1 Å². The van der Waals surface area contributed by atoms with Gasteiger partial charge in [0.2, 0.25) is 0 Å². The van der Waals surface area contributed by atoms with Gasteiger partial charge in [-0.3, -0.25) is 14.2 Å². The molecule has 1 atom stereocenters. The van der Waals surface area contributed by atoms with Gasteiger partial charge in [0.25, 0.3) is 11.5 Å². The van der Waals surface area contributed by atoms with E-state index in [0.717, 1.165) is 41.0 Å². The minimum Gasteiger partial charge on any atom is -0.457 e. The van der Waals surface area contributed by atoms with Crippen LogP contribution in [0.25, 0.3) is 10.2 Å². The molecule has 1 amide bonds. The van der Waals surface area contributed by atoms with Crippen LogP contribution in [0.5, 0.6) is 11.5 Å². The highest BCUT2D eigenvalue weighted by molar-refractivity contribution is 7.18. The van der Waals surface area contributed by atoms with Crippen molar-refractivity contribution in [3.63, 3.8) is 0 Å². The summed E-state index contributed by atoms with van der Waals surface area (Å²) in [6.45, 7) is 2.09. The Labute approximate surface area is 200 Å². The minimum absolute atomic E-state index is 0.142. The smallest absolute Gasteiger partial charge is 0.262 e. The van der Waals surface area contributed by atoms with Gasteiger partial charge in [0, 0.05) is 4.88 Å². The molecule has 1 unspecified atom stereocenters. The maximum atomic E-state index is 13.1.